The number of amides is 1. The molecule has 1 unspecified atom stereocenters. The van der Waals surface area contributed by atoms with E-state index in [-0.39, 0.29) is 11.3 Å². The predicted molar refractivity (Wildman–Crippen MR) is 119 cm³/mol. The molecule has 1 aliphatic rings. The third kappa shape index (κ3) is 4.74. The maximum absolute atomic E-state index is 12.9. The zero-order valence-corrected chi connectivity index (χ0v) is 18.4. The SMILES string of the molecule is CCCCOc1cccc(C(O)=C2C(=O)C(=O)N(CCN(C)C)C2c2cccs2)c1. The van der Waals surface area contributed by atoms with Gasteiger partial charge in [0.15, 0.2) is 0 Å². The lowest BCUT2D eigenvalue weighted by Crippen LogP contribution is -2.35. The zero-order chi connectivity index (χ0) is 21.7. The Balaban J connectivity index is 2.00. The van der Waals surface area contributed by atoms with Crippen LogP contribution in [0.5, 0.6) is 5.75 Å². The molecule has 1 N–H and O–H groups in total. The minimum absolute atomic E-state index is 0.131. The molecule has 6 nitrogen and oxygen atoms in total. The first kappa shape index (κ1) is 22.1. The number of ether oxygens (including phenoxy) is 1. The normalized spacial score (nSPS) is 18.4. The molecule has 2 heterocycles. The lowest BCUT2D eigenvalue weighted by atomic mass is 9.99. The fourth-order valence-corrected chi connectivity index (χ4v) is 4.23. The highest BCUT2D eigenvalue weighted by Crippen LogP contribution is 2.41. The number of thiophene rings is 1. The van der Waals surface area contributed by atoms with E-state index >= 15 is 0 Å². The van der Waals surface area contributed by atoms with Crippen molar-refractivity contribution in [3.05, 3.63) is 57.8 Å². The maximum atomic E-state index is 12.9. The van der Waals surface area contributed by atoms with Gasteiger partial charge in [0.05, 0.1) is 18.2 Å². The molecule has 1 aromatic carbocycles. The first-order valence-corrected chi connectivity index (χ1v) is 11.0. The van der Waals surface area contributed by atoms with Gasteiger partial charge < -0.3 is 19.6 Å². The van der Waals surface area contributed by atoms with Crippen molar-refractivity contribution in [1.29, 1.82) is 0 Å². The van der Waals surface area contributed by atoms with Crippen molar-refractivity contribution in [2.75, 3.05) is 33.8 Å². The van der Waals surface area contributed by atoms with E-state index < -0.39 is 17.7 Å². The topological polar surface area (TPSA) is 70.1 Å². The summed E-state index contributed by atoms with van der Waals surface area (Å²) in [6, 6.07) is 10.2. The number of ketones is 1. The van der Waals surface area contributed by atoms with Crippen LogP contribution < -0.4 is 4.74 Å². The van der Waals surface area contributed by atoms with Gasteiger partial charge in [0, 0.05) is 23.5 Å². The fourth-order valence-electron chi connectivity index (χ4n) is 3.38. The Hall–Kier alpha value is -2.64. The molecule has 1 aliphatic heterocycles. The van der Waals surface area contributed by atoms with Crippen molar-refractivity contribution in [2.24, 2.45) is 0 Å². The van der Waals surface area contributed by atoms with Crippen molar-refractivity contribution in [3.63, 3.8) is 0 Å². The van der Waals surface area contributed by atoms with Crippen LogP contribution in [-0.4, -0.2) is 60.4 Å². The molecule has 1 amide bonds. The molecule has 1 fully saturated rings. The molecule has 0 aliphatic carbocycles. The Bertz CT molecular complexity index is 921. The van der Waals surface area contributed by atoms with Crippen LogP contribution in [-0.2, 0) is 9.59 Å². The van der Waals surface area contributed by atoms with Crippen LogP contribution in [0.3, 0.4) is 0 Å². The van der Waals surface area contributed by atoms with Gasteiger partial charge >= 0.3 is 0 Å². The molecular formula is C23H28N2O4S. The van der Waals surface area contributed by atoms with E-state index in [9.17, 15) is 14.7 Å². The number of benzene rings is 1. The molecule has 1 atom stereocenters. The third-order valence-corrected chi connectivity index (χ3v) is 5.94. The number of hydrogen-bond donors (Lipinski definition) is 1. The molecule has 7 heteroatoms. The van der Waals surface area contributed by atoms with Crippen molar-refractivity contribution >= 4 is 28.8 Å². The van der Waals surface area contributed by atoms with Crippen LogP contribution in [0.2, 0.25) is 0 Å². The Labute approximate surface area is 181 Å². The lowest BCUT2D eigenvalue weighted by Gasteiger charge is -2.25. The predicted octanol–water partition coefficient (Wildman–Crippen LogP) is 3.91. The van der Waals surface area contributed by atoms with E-state index in [4.69, 9.17) is 4.74 Å². The monoisotopic (exact) mass is 428 g/mol. The molecule has 1 saturated heterocycles. The van der Waals surface area contributed by atoms with E-state index in [0.29, 0.717) is 31.0 Å². The van der Waals surface area contributed by atoms with E-state index in [0.717, 1.165) is 17.7 Å². The molecule has 0 saturated carbocycles. The van der Waals surface area contributed by atoms with Crippen molar-refractivity contribution in [1.82, 2.24) is 9.80 Å². The van der Waals surface area contributed by atoms with Gasteiger partial charge in [-0.1, -0.05) is 31.5 Å². The van der Waals surface area contributed by atoms with E-state index in [2.05, 4.69) is 6.92 Å². The van der Waals surface area contributed by atoms with Crippen molar-refractivity contribution in [3.8, 4) is 5.75 Å². The summed E-state index contributed by atoms with van der Waals surface area (Å²) in [5.41, 5.74) is 0.600. The number of carbonyl (C=O) groups is 2. The maximum Gasteiger partial charge on any atom is 0.295 e. The summed E-state index contributed by atoms with van der Waals surface area (Å²) in [5, 5.41) is 13.0. The number of aliphatic hydroxyl groups is 1. The number of likely N-dealkylation sites (tertiary alicyclic amines) is 1. The highest BCUT2D eigenvalue weighted by molar-refractivity contribution is 7.10. The number of Topliss-reactive ketones (excluding diaryl/α,β-unsaturated/α-hetero) is 1. The van der Waals surface area contributed by atoms with Crippen LogP contribution in [0.25, 0.3) is 5.76 Å². The quantitative estimate of drug-likeness (QED) is 0.284. The second kappa shape index (κ2) is 9.91. The highest BCUT2D eigenvalue weighted by Gasteiger charge is 2.46. The van der Waals surface area contributed by atoms with Gasteiger partial charge in [-0.3, -0.25) is 9.59 Å². The number of unbranched alkanes of at least 4 members (excludes halogenated alkanes) is 1. The van der Waals surface area contributed by atoms with Crippen LogP contribution in [0.1, 0.15) is 36.2 Å². The van der Waals surface area contributed by atoms with Crippen molar-refractivity contribution < 1.29 is 19.4 Å². The molecule has 0 bridgehead atoms. The first-order chi connectivity index (χ1) is 14.4. The van der Waals surface area contributed by atoms with Crippen LogP contribution in [0.4, 0.5) is 0 Å². The Morgan fingerprint density at radius 1 is 1.23 bits per heavy atom. The van der Waals surface area contributed by atoms with Gasteiger partial charge in [0.1, 0.15) is 11.5 Å². The minimum Gasteiger partial charge on any atom is -0.507 e. The molecule has 3 rings (SSSR count). The third-order valence-electron chi connectivity index (χ3n) is 5.01. The standard InChI is InChI=1S/C23H28N2O4S/c1-4-5-13-29-17-9-6-8-16(15-17)21(26)19-20(18-10-7-14-30-18)25(12-11-24(2)3)23(28)22(19)27/h6-10,14-15,20,26H,4-5,11-13H2,1-3H3. The summed E-state index contributed by atoms with van der Waals surface area (Å²) >= 11 is 1.47. The number of nitrogens with zero attached hydrogens (tertiary/aromatic N) is 2. The molecule has 0 spiro atoms. The number of hydrogen-bond acceptors (Lipinski definition) is 6. The second-order valence-corrected chi connectivity index (χ2v) is 8.52. The van der Waals surface area contributed by atoms with Gasteiger partial charge in [-0.05, 0) is 44.1 Å². The molecule has 0 radical (unpaired) electrons. The molecule has 160 valence electrons. The second-order valence-electron chi connectivity index (χ2n) is 7.54. The van der Waals surface area contributed by atoms with E-state index in [1.165, 1.54) is 11.3 Å². The zero-order valence-electron chi connectivity index (χ0n) is 17.6. The van der Waals surface area contributed by atoms with Crippen molar-refractivity contribution in [2.45, 2.75) is 25.8 Å². The van der Waals surface area contributed by atoms with Gasteiger partial charge in [0.25, 0.3) is 11.7 Å². The van der Waals surface area contributed by atoms with Crippen LogP contribution in [0, 0.1) is 0 Å². The minimum atomic E-state index is -0.651. The molecule has 2 aromatic rings. The summed E-state index contributed by atoms with van der Waals surface area (Å²) in [5.74, 6) is -0.767. The Kier molecular flexibility index (Phi) is 7.29. The number of rotatable bonds is 9. The molecular weight excluding hydrogens is 400 g/mol. The largest absolute Gasteiger partial charge is 0.507 e. The average molecular weight is 429 g/mol. The average Bonchev–Trinajstić information content (AvgIpc) is 3.34. The molecule has 30 heavy (non-hydrogen) atoms. The van der Waals surface area contributed by atoms with E-state index in [1.54, 1.807) is 23.1 Å². The van der Waals surface area contributed by atoms with Crippen LogP contribution in [0.15, 0.2) is 47.4 Å². The van der Waals surface area contributed by atoms with Gasteiger partial charge in [-0.15, -0.1) is 11.3 Å². The molecule has 1 aromatic heterocycles. The van der Waals surface area contributed by atoms with Crippen LogP contribution >= 0.6 is 11.3 Å². The summed E-state index contributed by atoms with van der Waals surface area (Å²) < 4.78 is 5.73. The summed E-state index contributed by atoms with van der Waals surface area (Å²) in [6.07, 6.45) is 1.96. The van der Waals surface area contributed by atoms with Gasteiger partial charge in [-0.2, -0.15) is 0 Å². The smallest absolute Gasteiger partial charge is 0.295 e. The Morgan fingerprint density at radius 3 is 2.70 bits per heavy atom. The van der Waals surface area contributed by atoms with E-state index in [1.807, 2.05) is 42.6 Å². The fraction of sp³-hybridized carbons (Fsp3) is 0.391. The first-order valence-electron chi connectivity index (χ1n) is 10.1. The lowest BCUT2D eigenvalue weighted by molar-refractivity contribution is -0.140. The number of carbonyl (C=O) groups excluding carboxylic acids is 2. The summed E-state index contributed by atoms with van der Waals surface area (Å²) in [4.78, 5) is 30.1. The highest BCUT2D eigenvalue weighted by atomic mass is 32.1. The summed E-state index contributed by atoms with van der Waals surface area (Å²) in [7, 11) is 3.83. The Morgan fingerprint density at radius 2 is 2.03 bits per heavy atom. The number of likely N-dealkylation sites (N-methyl/N-ethyl adjacent to an activating group) is 1. The van der Waals surface area contributed by atoms with Gasteiger partial charge in [0.2, 0.25) is 0 Å². The number of aliphatic hydroxyl groups excluding tert-OH is 1. The summed E-state index contributed by atoms with van der Waals surface area (Å²) in [6.45, 7) is 3.70. The van der Waals surface area contributed by atoms with Gasteiger partial charge in [-0.25, -0.2) is 0 Å².